The first-order valence-electron chi connectivity index (χ1n) is 6.81. The zero-order valence-corrected chi connectivity index (χ0v) is 11.7. The van der Waals surface area contributed by atoms with Crippen LogP contribution in [0.3, 0.4) is 0 Å². The highest BCUT2D eigenvalue weighted by Gasteiger charge is 2.15. The van der Waals surface area contributed by atoms with Crippen LogP contribution in [0.5, 0.6) is 11.5 Å². The SMILES string of the molecule is NC(=O)COCCNCC(O)c1ccc2c(c1)OCCO2. The Labute approximate surface area is 123 Å². The van der Waals surface area contributed by atoms with E-state index in [0.29, 0.717) is 44.4 Å². The number of nitrogens with two attached hydrogens (primary N) is 1. The number of carbonyl (C=O) groups excluding carboxylic acids is 1. The third-order valence-electron chi connectivity index (χ3n) is 2.96. The van der Waals surface area contributed by atoms with Gasteiger partial charge in [-0.25, -0.2) is 0 Å². The molecule has 1 aliphatic rings. The van der Waals surface area contributed by atoms with E-state index >= 15 is 0 Å². The van der Waals surface area contributed by atoms with Gasteiger partial charge in [0, 0.05) is 13.1 Å². The number of carbonyl (C=O) groups is 1. The first kappa shape index (κ1) is 15.6. The minimum atomic E-state index is -0.656. The van der Waals surface area contributed by atoms with Gasteiger partial charge in [0.1, 0.15) is 19.8 Å². The fourth-order valence-electron chi connectivity index (χ4n) is 1.94. The van der Waals surface area contributed by atoms with Gasteiger partial charge >= 0.3 is 0 Å². The molecule has 0 bridgehead atoms. The standard InChI is InChI=1S/C14H20N2O5/c15-14(18)9-19-4-3-16-8-11(17)10-1-2-12-13(7-10)21-6-5-20-12/h1-2,7,11,16-17H,3-6,8-9H2,(H2,15,18). The quantitative estimate of drug-likeness (QED) is 0.563. The van der Waals surface area contributed by atoms with Crippen LogP contribution in [0.25, 0.3) is 0 Å². The molecule has 0 spiro atoms. The number of amides is 1. The summed E-state index contributed by atoms with van der Waals surface area (Å²) in [5.41, 5.74) is 5.70. The van der Waals surface area contributed by atoms with Crippen molar-refractivity contribution in [3.8, 4) is 11.5 Å². The van der Waals surface area contributed by atoms with Crippen molar-refractivity contribution in [1.29, 1.82) is 0 Å². The lowest BCUT2D eigenvalue weighted by molar-refractivity contribution is -0.122. The molecule has 0 fully saturated rings. The Morgan fingerprint density at radius 1 is 1.38 bits per heavy atom. The van der Waals surface area contributed by atoms with Gasteiger partial charge < -0.3 is 30.4 Å². The second kappa shape index (κ2) is 7.82. The molecule has 21 heavy (non-hydrogen) atoms. The van der Waals surface area contributed by atoms with E-state index in [-0.39, 0.29) is 6.61 Å². The largest absolute Gasteiger partial charge is 0.486 e. The summed E-state index contributed by atoms with van der Waals surface area (Å²) < 4.78 is 15.9. The predicted octanol–water partition coefficient (Wildman–Crippen LogP) is -0.417. The molecule has 7 heteroatoms. The van der Waals surface area contributed by atoms with Crippen molar-refractivity contribution in [1.82, 2.24) is 5.32 Å². The van der Waals surface area contributed by atoms with Crippen molar-refractivity contribution in [2.75, 3.05) is 39.5 Å². The average Bonchev–Trinajstić information content (AvgIpc) is 2.49. The highest BCUT2D eigenvalue weighted by Crippen LogP contribution is 2.32. The van der Waals surface area contributed by atoms with Crippen LogP contribution in [0.2, 0.25) is 0 Å². The Bertz CT molecular complexity index is 480. The molecule has 1 unspecified atom stereocenters. The Morgan fingerprint density at radius 2 is 2.14 bits per heavy atom. The summed E-state index contributed by atoms with van der Waals surface area (Å²) in [6, 6.07) is 5.39. The van der Waals surface area contributed by atoms with E-state index in [2.05, 4.69) is 5.32 Å². The highest BCUT2D eigenvalue weighted by atomic mass is 16.6. The second-order valence-electron chi connectivity index (χ2n) is 4.64. The van der Waals surface area contributed by atoms with Crippen LogP contribution in [-0.2, 0) is 9.53 Å². The number of fused-ring (bicyclic) bond motifs is 1. The molecule has 0 saturated carbocycles. The Morgan fingerprint density at radius 3 is 2.90 bits per heavy atom. The van der Waals surface area contributed by atoms with Gasteiger partial charge in [0.25, 0.3) is 0 Å². The van der Waals surface area contributed by atoms with Gasteiger partial charge in [0.05, 0.1) is 12.7 Å². The molecule has 116 valence electrons. The fourth-order valence-corrected chi connectivity index (χ4v) is 1.94. The molecule has 1 aromatic rings. The lowest BCUT2D eigenvalue weighted by Crippen LogP contribution is -2.27. The first-order valence-corrected chi connectivity index (χ1v) is 6.81. The molecule has 1 heterocycles. The van der Waals surface area contributed by atoms with Gasteiger partial charge in [-0.05, 0) is 17.7 Å². The predicted molar refractivity (Wildman–Crippen MR) is 75.3 cm³/mol. The summed E-state index contributed by atoms with van der Waals surface area (Å²) in [6.45, 7) is 2.22. The molecule has 0 aromatic heterocycles. The molecule has 1 aliphatic heterocycles. The van der Waals surface area contributed by atoms with Crippen LogP contribution >= 0.6 is 0 Å². The van der Waals surface area contributed by atoms with Gasteiger partial charge in [0.15, 0.2) is 11.5 Å². The van der Waals surface area contributed by atoms with Crippen molar-refractivity contribution >= 4 is 5.91 Å². The number of rotatable bonds is 8. The molecule has 1 atom stereocenters. The van der Waals surface area contributed by atoms with E-state index in [1.165, 1.54) is 0 Å². The van der Waals surface area contributed by atoms with Crippen LogP contribution in [0.1, 0.15) is 11.7 Å². The first-order chi connectivity index (χ1) is 10.2. The molecule has 1 aromatic carbocycles. The van der Waals surface area contributed by atoms with E-state index < -0.39 is 12.0 Å². The Hall–Kier alpha value is -1.83. The maximum absolute atomic E-state index is 10.5. The summed E-state index contributed by atoms with van der Waals surface area (Å²) in [5, 5.41) is 13.1. The van der Waals surface area contributed by atoms with Crippen LogP contribution in [0, 0.1) is 0 Å². The number of aliphatic hydroxyl groups excluding tert-OH is 1. The topological polar surface area (TPSA) is 103 Å². The van der Waals surface area contributed by atoms with Crippen molar-refractivity contribution < 1.29 is 24.1 Å². The van der Waals surface area contributed by atoms with E-state index in [4.69, 9.17) is 19.9 Å². The van der Waals surface area contributed by atoms with Crippen molar-refractivity contribution in [3.05, 3.63) is 23.8 Å². The third kappa shape index (κ3) is 4.89. The zero-order valence-electron chi connectivity index (χ0n) is 11.7. The minimum Gasteiger partial charge on any atom is -0.486 e. The number of primary amides is 1. The van der Waals surface area contributed by atoms with Gasteiger partial charge in [0.2, 0.25) is 5.91 Å². The molecule has 0 saturated heterocycles. The fraction of sp³-hybridized carbons (Fsp3) is 0.500. The normalized spacial score (nSPS) is 14.7. The minimum absolute atomic E-state index is 0.0909. The monoisotopic (exact) mass is 296 g/mol. The van der Waals surface area contributed by atoms with E-state index in [9.17, 15) is 9.90 Å². The Kier molecular flexibility index (Phi) is 5.79. The number of nitrogens with one attached hydrogen (secondary N) is 1. The molecular formula is C14H20N2O5. The second-order valence-corrected chi connectivity index (χ2v) is 4.64. The van der Waals surface area contributed by atoms with Crippen LogP contribution < -0.4 is 20.5 Å². The highest BCUT2D eigenvalue weighted by molar-refractivity contribution is 5.74. The van der Waals surface area contributed by atoms with Gasteiger partial charge in [-0.1, -0.05) is 6.07 Å². The van der Waals surface area contributed by atoms with Crippen molar-refractivity contribution in [2.45, 2.75) is 6.10 Å². The maximum Gasteiger partial charge on any atom is 0.243 e. The summed E-state index contributed by atoms with van der Waals surface area (Å²) in [6.07, 6.45) is -0.656. The zero-order chi connectivity index (χ0) is 15.1. The number of benzene rings is 1. The van der Waals surface area contributed by atoms with Crippen LogP contribution in [0.4, 0.5) is 0 Å². The lowest BCUT2D eigenvalue weighted by atomic mass is 10.1. The number of hydrogen-bond acceptors (Lipinski definition) is 6. The molecular weight excluding hydrogens is 276 g/mol. The number of aliphatic hydroxyl groups is 1. The van der Waals surface area contributed by atoms with Crippen LogP contribution in [-0.4, -0.2) is 50.5 Å². The maximum atomic E-state index is 10.5. The average molecular weight is 296 g/mol. The van der Waals surface area contributed by atoms with Gasteiger partial charge in [-0.3, -0.25) is 4.79 Å². The summed E-state index contributed by atoms with van der Waals surface area (Å²) in [4.78, 5) is 10.5. The number of ether oxygens (including phenoxy) is 3. The molecule has 2 rings (SSSR count). The smallest absolute Gasteiger partial charge is 0.243 e. The number of hydrogen-bond donors (Lipinski definition) is 3. The van der Waals surface area contributed by atoms with Crippen molar-refractivity contribution in [3.63, 3.8) is 0 Å². The molecule has 0 radical (unpaired) electrons. The van der Waals surface area contributed by atoms with E-state index in [1.54, 1.807) is 12.1 Å². The van der Waals surface area contributed by atoms with Gasteiger partial charge in [-0.2, -0.15) is 0 Å². The van der Waals surface area contributed by atoms with Gasteiger partial charge in [-0.15, -0.1) is 0 Å². The van der Waals surface area contributed by atoms with E-state index in [0.717, 1.165) is 5.56 Å². The molecule has 0 aliphatic carbocycles. The Balaban J connectivity index is 1.73. The summed E-state index contributed by atoms with van der Waals surface area (Å²) in [5.74, 6) is 0.860. The van der Waals surface area contributed by atoms with Crippen LogP contribution in [0.15, 0.2) is 18.2 Å². The van der Waals surface area contributed by atoms with Crippen molar-refractivity contribution in [2.24, 2.45) is 5.73 Å². The summed E-state index contributed by atoms with van der Waals surface area (Å²) in [7, 11) is 0. The molecule has 1 amide bonds. The summed E-state index contributed by atoms with van der Waals surface area (Å²) >= 11 is 0. The lowest BCUT2D eigenvalue weighted by Gasteiger charge is -2.20. The third-order valence-corrected chi connectivity index (χ3v) is 2.96. The van der Waals surface area contributed by atoms with E-state index in [1.807, 2.05) is 6.07 Å². The molecule has 4 N–H and O–H groups in total. The molecule has 7 nitrogen and oxygen atoms in total.